The highest BCUT2D eigenvalue weighted by Crippen LogP contribution is 1.89. The van der Waals surface area contributed by atoms with Crippen molar-refractivity contribution in [3.63, 3.8) is 0 Å². The van der Waals surface area contributed by atoms with E-state index in [1.54, 1.807) is 6.20 Å². The highest BCUT2D eigenvalue weighted by Gasteiger charge is 2.07. The summed E-state index contributed by atoms with van der Waals surface area (Å²) in [5.41, 5.74) is 2.94. The Hall–Kier alpha value is -0.870. The Morgan fingerprint density at radius 3 is 2.64 bits per heavy atom. The smallest absolute Gasteiger partial charge is 0.107 e. The molecule has 11 heavy (non-hydrogen) atoms. The fourth-order valence-corrected chi connectivity index (χ4v) is 0.511. The summed E-state index contributed by atoms with van der Waals surface area (Å²) < 4.78 is 0.396. The minimum Gasteiger partial charge on any atom is -0.550 e. The predicted molar refractivity (Wildman–Crippen MR) is 39.9 cm³/mol. The van der Waals surface area contributed by atoms with Crippen molar-refractivity contribution in [2.45, 2.75) is 6.42 Å². The minimum atomic E-state index is -1.04. The second-order valence-corrected chi connectivity index (χ2v) is 2.75. The van der Waals surface area contributed by atoms with Crippen LogP contribution in [0.3, 0.4) is 0 Å². The molecule has 64 valence electrons. The van der Waals surface area contributed by atoms with Gasteiger partial charge in [-0.25, -0.2) is 4.59 Å². The summed E-state index contributed by atoms with van der Waals surface area (Å²) in [7, 11) is 3.73. The Morgan fingerprint density at radius 2 is 2.27 bits per heavy atom. The van der Waals surface area contributed by atoms with Crippen molar-refractivity contribution in [2.24, 2.45) is 0 Å². The third-order valence-corrected chi connectivity index (χ3v) is 1.30. The van der Waals surface area contributed by atoms with E-state index in [9.17, 15) is 9.90 Å². The molecule has 0 unspecified atom stereocenters. The van der Waals surface area contributed by atoms with Crippen molar-refractivity contribution in [3.05, 3.63) is 12.8 Å². The van der Waals surface area contributed by atoms with Crippen molar-refractivity contribution in [1.29, 1.82) is 0 Å². The molecule has 1 N–H and O–H groups in total. The first-order chi connectivity index (χ1) is 4.98. The molecule has 0 saturated carbocycles. The van der Waals surface area contributed by atoms with Crippen molar-refractivity contribution in [1.82, 2.24) is 5.43 Å². The van der Waals surface area contributed by atoms with E-state index in [1.165, 1.54) is 0 Å². The van der Waals surface area contributed by atoms with E-state index in [-0.39, 0.29) is 6.42 Å². The van der Waals surface area contributed by atoms with Gasteiger partial charge in [-0.2, -0.15) is 5.43 Å². The number of nitrogens with zero attached hydrogens (tertiary/aromatic N) is 1. The number of carbonyl (C=O) groups is 1. The molecule has 0 bridgehead atoms. The van der Waals surface area contributed by atoms with Gasteiger partial charge in [0, 0.05) is 12.4 Å². The maximum absolute atomic E-state index is 9.99. The summed E-state index contributed by atoms with van der Waals surface area (Å²) in [6, 6.07) is 0. The van der Waals surface area contributed by atoms with Crippen LogP contribution >= 0.6 is 0 Å². The molecule has 0 radical (unpaired) electrons. The summed E-state index contributed by atoms with van der Waals surface area (Å²) in [6.45, 7) is 3.97. The maximum Gasteiger partial charge on any atom is 0.107 e. The Bertz CT molecular complexity index is 155. The third-order valence-electron chi connectivity index (χ3n) is 1.30. The summed E-state index contributed by atoms with van der Waals surface area (Å²) in [4.78, 5) is 9.99. The largest absolute Gasteiger partial charge is 0.550 e. The lowest BCUT2D eigenvalue weighted by atomic mass is 10.4. The molecule has 4 nitrogen and oxygen atoms in total. The fourth-order valence-electron chi connectivity index (χ4n) is 0.511. The molecule has 0 aromatic carbocycles. The van der Waals surface area contributed by atoms with Crippen LogP contribution in [-0.2, 0) is 4.79 Å². The lowest BCUT2D eigenvalue weighted by molar-refractivity contribution is -0.885. The van der Waals surface area contributed by atoms with E-state index in [0.29, 0.717) is 11.1 Å². The van der Waals surface area contributed by atoms with Gasteiger partial charge in [0.2, 0.25) is 0 Å². The lowest BCUT2D eigenvalue weighted by Crippen LogP contribution is -2.48. The molecule has 0 aromatic heterocycles. The molecular formula is C7H14N2O2. The lowest BCUT2D eigenvalue weighted by Gasteiger charge is -2.24. The molecule has 0 fully saturated rings. The van der Waals surface area contributed by atoms with Gasteiger partial charge in [0.15, 0.2) is 0 Å². The zero-order valence-electron chi connectivity index (χ0n) is 6.96. The number of hydrogen-bond acceptors (Lipinski definition) is 3. The van der Waals surface area contributed by atoms with Crippen molar-refractivity contribution >= 4 is 5.97 Å². The summed E-state index contributed by atoms with van der Waals surface area (Å²) >= 11 is 0. The van der Waals surface area contributed by atoms with Crippen LogP contribution < -0.4 is 10.5 Å². The molecule has 0 spiro atoms. The van der Waals surface area contributed by atoms with Crippen LogP contribution in [0.25, 0.3) is 0 Å². The van der Waals surface area contributed by atoms with Gasteiger partial charge in [-0.1, -0.05) is 0 Å². The van der Waals surface area contributed by atoms with E-state index >= 15 is 0 Å². The van der Waals surface area contributed by atoms with Crippen molar-refractivity contribution in [3.8, 4) is 0 Å². The number of carbonyl (C=O) groups excluding carboxylic acids is 1. The summed E-state index contributed by atoms with van der Waals surface area (Å²) in [5.74, 6) is -1.04. The number of carboxylic acid groups (broad SMARTS) is 1. The zero-order valence-corrected chi connectivity index (χ0v) is 6.96. The molecule has 0 aliphatic carbocycles. The van der Waals surface area contributed by atoms with Gasteiger partial charge in [0.25, 0.3) is 0 Å². The normalized spacial score (nSPS) is 11.1. The van der Waals surface area contributed by atoms with Gasteiger partial charge in [0.1, 0.15) is 6.20 Å². The minimum absolute atomic E-state index is 0.0233. The van der Waals surface area contributed by atoms with Crippen LogP contribution in [0.15, 0.2) is 12.8 Å². The Balaban J connectivity index is 3.53. The predicted octanol–water partition coefficient (Wildman–Crippen LogP) is -1.15. The van der Waals surface area contributed by atoms with E-state index in [1.807, 2.05) is 14.1 Å². The molecule has 0 aliphatic rings. The second-order valence-electron chi connectivity index (χ2n) is 2.75. The van der Waals surface area contributed by atoms with Crippen LogP contribution in [0, 0.1) is 0 Å². The van der Waals surface area contributed by atoms with Gasteiger partial charge < -0.3 is 9.90 Å². The number of hydrogen-bond donors (Lipinski definition) is 1. The topological polar surface area (TPSA) is 52.2 Å². The number of quaternary nitrogens is 1. The van der Waals surface area contributed by atoms with Gasteiger partial charge in [0.05, 0.1) is 20.6 Å². The molecule has 0 amide bonds. The Kier molecular flexibility index (Phi) is 3.78. The molecule has 0 saturated heterocycles. The van der Waals surface area contributed by atoms with Crippen LogP contribution in [-0.4, -0.2) is 31.2 Å². The van der Waals surface area contributed by atoms with E-state index < -0.39 is 5.97 Å². The molecule has 0 aliphatic heterocycles. The quantitative estimate of drug-likeness (QED) is 0.406. The number of nitrogens with one attached hydrogen (secondary N) is 1. The van der Waals surface area contributed by atoms with Crippen LogP contribution in [0.1, 0.15) is 6.42 Å². The summed E-state index contributed by atoms with van der Waals surface area (Å²) in [5, 5.41) is 9.99. The third kappa shape index (κ3) is 5.57. The second kappa shape index (κ2) is 4.10. The Morgan fingerprint density at radius 1 is 1.73 bits per heavy atom. The van der Waals surface area contributed by atoms with E-state index in [2.05, 4.69) is 12.0 Å². The molecule has 0 heterocycles. The molecular weight excluding hydrogens is 144 g/mol. The van der Waals surface area contributed by atoms with Gasteiger partial charge >= 0.3 is 0 Å². The van der Waals surface area contributed by atoms with Crippen molar-refractivity contribution in [2.75, 3.05) is 20.6 Å². The number of rotatable bonds is 5. The van der Waals surface area contributed by atoms with Crippen LogP contribution in [0.4, 0.5) is 0 Å². The van der Waals surface area contributed by atoms with Gasteiger partial charge in [-0.3, -0.25) is 0 Å². The zero-order chi connectivity index (χ0) is 8.91. The van der Waals surface area contributed by atoms with Crippen LogP contribution in [0.5, 0.6) is 0 Å². The maximum atomic E-state index is 9.99. The molecule has 0 rings (SSSR count). The molecule has 0 atom stereocenters. The highest BCUT2D eigenvalue weighted by atomic mass is 16.4. The summed E-state index contributed by atoms with van der Waals surface area (Å²) in [6.07, 6.45) is 1.70. The average Bonchev–Trinajstić information content (AvgIpc) is 1.87. The van der Waals surface area contributed by atoms with Crippen LogP contribution in [0.2, 0.25) is 0 Å². The molecule has 0 aromatic rings. The molecule has 4 heteroatoms. The standard InChI is InChI=1S/C7H14N2O2/c1-4-9(2,3)8-6-5-7(10)11/h4,8H,1,5-6H2,2-3H3. The fraction of sp³-hybridized carbons (Fsp3) is 0.571. The number of carboxylic acids is 1. The first-order valence-electron chi connectivity index (χ1n) is 3.40. The Labute approximate surface area is 66.7 Å². The number of aliphatic carboxylic acids is 1. The van der Waals surface area contributed by atoms with E-state index in [4.69, 9.17) is 0 Å². The first kappa shape index (κ1) is 10.1. The SMILES string of the molecule is C=C[N+](C)(C)NCCC(=O)[O-]. The highest BCUT2D eigenvalue weighted by molar-refractivity contribution is 5.64. The monoisotopic (exact) mass is 158 g/mol. The average molecular weight is 158 g/mol. The van der Waals surface area contributed by atoms with Gasteiger partial charge in [-0.15, -0.1) is 0 Å². The van der Waals surface area contributed by atoms with Gasteiger partial charge in [-0.05, 0) is 6.58 Å². The van der Waals surface area contributed by atoms with E-state index in [0.717, 1.165) is 0 Å². The first-order valence-corrected chi connectivity index (χ1v) is 3.40. The van der Waals surface area contributed by atoms with Crippen molar-refractivity contribution < 1.29 is 14.5 Å².